The summed E-state index contributed by atoms with van der Waals surface area (Å²) in [7, 11) is 1.52. The number of ether oxygens (including phenoxy) is 2. The van der Waals surface area contributed by atoms with E-state index in [-0.39, 0.29) is 12.5 Å². The van der Waals surface area contributed by atoms with Gasteiger partial charge in [0.15, 0.2) is 18.1 Å². The molecule has 6 heteroatoms. The van der Waals surface area contributed by atoms with Gasteiger partial charge in [-0.15, -0.1) is 0 Å². The maximum absolute atomic E-state index is 12.1. The molecule has 0 aliphatic rings. The van der Waals surface area contributed by atoms with Crippen LogP contribution in [0.1, 0.15) is 16.7 Å². The van der Waals surface area contributed by atoms with E-state index in [2.05, 4.69) is 10.3 Å². The fourth-order valence-corrected chi connectivity index (χ4v) is 3.10. The first-order chi connectivity index (χ1) is 14.5. The average molecular weight is 423 g/mol. The Morgan fingerprint density at radius 3 is 2.60 bits per heavy atom. The van der Waals surface area contributed by atoms with Crippen LogP contribution >= 0.6 is 11.6 Å². The molecule has 1 amide bonds. The van der Waals surface area contributed by atoms with Crippen LogP contribution in [0.2, 0.25) is 5.02 Å². The highest BCUT2D eigenvalue weighted by molar-refractivity contribution is 6.32. The third-order valence-corrected chi connectivity index (χ3v) is 4.87. The van der Waals surface area contributed by atoms with Gasteiger partial charge in [-0.3, -0.25) is 9.79 Å². The number of nitrogens with one attached hydrogen (secondary N) is 1. The van der Waals surface area contributed by atoms with Gasteiger partial charge in [0.1, 0.15) is 0 Å². The third-order valence-electron chi connectivity index (χ3n) is 4.59. The molecule has 3 aromatic carbocycles. The maximum Gasteiger partial charge on any atom is 0.262 e. The molecule has 3 aromatic rings. The van der Waals surface area contributed by atoms with E-state index in [4.69, 9.17) is 21.1 Å². The van der Waals surface area contributed by atoms with Crippen molar-refractivity contribution in [2.45, 2.75) is 13.8 Å². The summed E-state index contributed by atoms with van der Waals surface area (Å²) in [6.45, 7) is 3.89. The molecule has 0 saturated carbocycles. The molecule has 0 unspecified atom stereocenters. The van der Waals surface area contributed by atoms with Gasteiger partial charge in [-0.2, -0.15) is 0 Å². The molecule has 0 atom stereocenters. The Labute approximate surface area is 181 Å². The lowest BCUT2D eigenvalue weighted by molar-refractivity contribution is -0.118. The fraction of sp³-hybridized carbons (Fsp3) is 0.167. The van der Waals surface area contributed by atoms with E-state index in [1.807, 2.05) is 50.2 Å². The second-order valence-electron chi connectivity index (χ2n) is 6.71. The number of anilines is 1. The predicted octanol–water partition coefficient (Wildman–Crippen LogP) is 5.73. The molecule has 0 heterocycles. The van der Waals surface area contributed by atoms with Crippen LogP contribution in [0, 0.1) is 13.8 Å². The van der Waals surface area contributed by atoms with Crippen molar-refractivity contribution in [2.24, 2.45) is 4.99 Å². The van der Waals surface area contributed by atoms with Crippen LogP contribution in [0.3, 0.4) is 0 Å². The van der Waals surface area contributed by atoms with E-state index < -0.39 is 0 Å². The van der Waals surface area contributed by atoms with Crippen molar-refractivity contribution in [1.29, 1.82) is 0 Å². The van der Waals surface area contributed by atoms with Gasteiger partial charge < -0.3 is 14.8 Å². The summed E-state index contributed by atoms with van der Waals surface area (Å²) in [6.07, 6.45) is 1.72. The largest absolute Gasteiger partial charge is 0.493 e. The SMILES string of the molecule is COc1cc(C=Nc2cccc(C)c2C)cc(Cl)c1OCC(=O)Nc1ccccc1. The van der Waals surface area contributed by atoms with E-state index in [1.54, 1.807) is 30.5 Å². The van der Waals surface area contributed by atoms with Gasteiger partial charge in [-0.05, 0) is 60.9 Å². The molecule has 3 rings (SSSR count). The van der Waals surface area contributed by atoms with Crippen LogP contribution < -0.4 is 14.8 Å². The van der Waals surface area contributed by atoms with Gasteiger partial charge in [0, 0.05) is 11.9 Å². The number of carbonyl (C=O) groups is 1. The summed E-state index contributed by atoms with van der Waals surface area (Å²) in [4.78, 5) is 16.7. The number of methoxy groups -OCH3 is 1. The highest BCUT2D eigenvalue weighted by Gasteiger charge is 2.14. The van der Waals surface area contributed by atoms with Crippen LogP contribution in [0.5, 0.6) is 11.5 Å². The lowest BCUT2D eigenvalue weighted by atomic mass is 10.1. The summed E-state index contributed by atoms with van der Waals surface area (Å²) in [5.74, 6) is 0.448. The number of nitrogens with zero attached hydrogens (tertiary/aromatic N) is 1. The fourth-order valence-electron chi connectivity index (χ4n) is 2.83. The van der Waals surface area contributed by atoms with Crippen molar-refractivity contribution < 1.29 is 14.3 Å². The molecule has 5 nitrogen and oxygen atoms in total. The third kappa shape index (κ3) is 5.39. The minimum absolute atomic E-state index is 0.194. The van der Waals surface area contributed by atoms with Crippen molar-refractivity contribution in [2.75, 3.05) is 19.0 Å². The maximum atomic E-state index is 12.1. The van der Waals surface area contributed by atoms with Crippen LogP contribution in [0.25, 0.3) is 0 Å². The van der Waals surface area contributed by atoms with Gasteiger partial charge in [0.25, 0.3) is 5.91 Å². The summed E-state index contributed by atoms with van der Waals surface area (Å²) in [5.41, 5.74) is 4.65. The van der Waals surface area contributed by atoms with Crippen LogP contribution in [0.4, 0.5) is 11.4 Å². The Morgan fingerprint density at radius 2 is 1.87 bits per heavy atom. The molecule has 0 aliphatic heterocycles. The Hall–Kier alpha value is -3.31. The second kappa shape index (κ2) is 9.94. The Bertz CT molecular complexity index is 1070. The van der Waals surface area contributed by atoms with Crippen molar-refractivity contribution in [3.05, 3.63) is 82.4 Å². The quantitative estimate of drug-likeness (QED) is 0.494. The zero-order valence-corrected chi connectivity index (χ0v) is 17.9. The molecule has 0 aromatic heterocycles. The van der Waals surface area contributed by atoms with Gasteiger partial charge in [0.2, 0.25) is 0 Å². The van der Waals surface area contributed by atoms with Crippen molar-refractivity contribution >= 4 is 35.1 Å². The Kier molecular flexibility index (Phi) is 7.09. The number of halogens is 1. The smallest absolute Gasteiger partial charge is 0.262 e. The van der Waals surface area contributed by atoms with Crippen LogP contribution in [-0.4, -0.2) is 25.8 Å². The molecule has 1 N–H and O–H groups in total. The number of aryl methyl sites for hydroxylation is 1. The molecule has 0 radical (unpaired) electrons. The number of aliphatic imine (C=N–C) groups is 1. The van der Waals surface area contributed by atoms with Crippen molar-refractivity contribution in [3.8, 4) is 11.5 Å². The Morgan fingerprint density at radius 1 is 1.10 bits per heavy atom. The standard InChI is InChI=1S/C24H23ClN2O3/c1-16-8-7-11-21(17(16)2)26-14-18-12-20(25)24(22(13-18)29-3)30-15-23(28)27-19-9-5-4-6-10-19/h4-14H,15H2,1-3H3,(H,27,28). The van der Waals surface area contributed by atoms with Crippen LogP contribution in [0.15, 0.2) is 65.7 Å². The lowest BCUT2D eigenvalue weighted by Crippen LogP contribution is -2.20. The van der Waals surface area contributed by atoms with E-state index in [0.717, 1.165) is 16.8 Å². The Balaban J connectivity index is 1.73. The minimum Gasteiger partial charge on any atom is -0.493 e. The number of hydrogen-bond donors (Lipinski definition) is 1. The summed E-state index contributed by atoms with van der Waals surface area (Å²) >= 11 is 6.40. The summed E-state index contributed by atoms with van der Waals surface area (Å²) < 4.78 is 11.0. The minimum atomic E-state index is -0.292. The lowest BCUT2D eigenvalue weighted by Gasteiger charge is -2.13. The normalized spacial score (nSPS) is 10.8. The van der Waals surface area contributed by atoms with E-state index in [1.165, 1.54) is 12.7 Å². The van der Waals surface area contributed by atoms with E-state index >= 15 is 0 Å². The predicted molar refractivity (Wildman–Crippen MR) is 122 cm³/mol. The topological polar surface area (TPSA) is 59.9 Å². The number of para-hydroxylation sites is 1. The molecule has 0 aliphatic carbocycles. The highest BCUT2D eigenvalue weighted by Crippen LogP contribution is 2.36. The first kappa shape index (κ1) is 21.4. The van der Waals surface area contributed by atoms with Crippen LogP contribution in [-0.2, 0) is 4.79 Å². The number of rotatable bonds is 7. The number of benzene rings is 3. The molecular formula is C24H23ClN2O3. The summed E-state index contributed by atoms with van der Waals surface area (Å²) in [6, 6.07) is 18.6. The van der Waals surface area contributed by atoms with Gasteiger partial charge in [-0.25, -0.2) is 0 Å². The molecule has 0 saturated heterocycles. The van der Waals surface area contributed by atoms with Gasteiger partial charge >= 0.3 is 0 Å². The molecule has 0 spiro atoms. The molecule has 0 fully saturated rings. The monoisotopic (exact) mass is 422 g/mol. The average Bonchev–Trinajstić information content (AvgIpc) is 2.74. The van der Waals surface area contributed by atoms with E-state index in [0.29, 0.717) is 22.2 Å². The first-order valence-electron chi connectivity index (χ1n) is 9.43. The molecule has 30 heavy (non-hydrogen) atoms. The zero-order chi connectivity index (χ0) is 21.5. The summed E-state index contributed by atoms with van der Waals surface area (Å²) in [5, 5.41) is 3.10. The molecule has 0 bridgehead atoms. The highest BCUT2D eigenvalue weighted by atomic mass is 35.5. The first-order valence-corrected chi connectivity index (χ1v) is 9.81. The van der Waals surface area contributed by atoms with Crippen molar-refractivity contribution in [1.82, 2.24) is 0 Å². The number of amides is 1. The van der Waals surface area contributed by atoms with Gasteiger partial charge in [0.05, 0.1) is 17.8 Å². The zero-order valence-electron chi connectivity index (χ0n) is 17.1. The second-order valence-corrected chi connectivity index (χ2v) is 7.12. The van der Waals surface area contributed by atoms with Gasteiger partial charge in [-0.1, -0.05) is 41.9 Å². The van der Waals surface area contributed by atoms with E-state index in [9.17, 15) is 4.79 Å². The number of carbonyl (C=O) groups excluding carboxylic acids is 1. The van der Waals surface area contributed by atoms with Crippen molar-refractivity contribution in [3.63, 3.8) is 0 Å². The molecular weight excluding hydrogens is 400 g/mol. The molecule has 154 valence electrons. The number of hydrogen-bond acceptors (Lipinski definition) is 4.